The summed E-state index contributed by atoms with van der Waals surface area (Å²) in [5.41, 5.74) is 6.63. The average molecular weight is 257 g/mol. The van der Waals surface area contributed by atoms with Crippen LogP contribution in [-0.2, 0) is 14.3 Å². The number of nitrogen functional groups attached to an aromatic ring is 1. The number of nitrogens with one attached hydrogen (secondary N) is 1. The number of hydrogen-bond donors (Lipinski definition) is 2. The molecule has 17 heavy (non-hydrogen) atoms. The van der Waals surface area contributed by atoms with Crippen LogP contribution in [0.5, 0.6) is 0 Å². The highest BCUT2D eigenvalue weighted by molar-refractivity contribution is 6.33. The van der Waals surface area contributed by atoms with Crippen LogP contribution in [0.4, 0.5) is 11.4 Å². The van der Waals surface area contributed by atoms with E-state index >= 15 is 0 Å². The van der Waals surface area contributed by atoms with Gasteiger partial charge in [-0.05, 0) is 18.2 Å². The molecule has 1 aliphatic heterocycles. The summed E-state index contributed by atoms with van der Waals surface area (Å²) in [5.74, 6) is -0.280. The average Bonchev–Trinajstić information content (AvgIpc) is 2.35. The Hall–Kier alpha value is -1.30. The van der Waals surface area contributed by atoms with Crippen molar-refractivity contribution < 1.29 is 14.3 Å². The van der Waals surface area contributed by atoms with Gasteiger partial charge in [0.05, 0.1) is 30.5 Å². The minimum absolute atomic E-state index is 0.256. The molecule has 0 bridgehead atoms. The summed E-state index contributed by atoms with van der Waals surface area (Å²) in [5, 5.41) is 3.10. The number of hydrogen-bond acceptors (Lipinski definition) is 4. The van der Waals surface area contributed by atoms with Gasteiger partial charge in [-0.3, -0.25) is 4.79 Å². The van der Waals surface area contributed by atoms with Gasteiger partial charge in [-0.15, -0.1) is 0 Å². The highest BCUT2D eigenvalue weighted by Gasteiger charge is 2.23. The Morgan fingerprint density at radius 3 is 3.00 bits per heavy atom. The molecule has 1 aromatic rings. The molecule has 5 nitrogen and oxygen atoms in total. The molecule has 1 amide bonds. The summed E-state index contributed by atoms with van der Waals surface area (Å²) >= 11 is 5.94. The number of anilines is 2. The van der Waals surface area contributed by atoms with E-state index in [9.17, 15) is 4.79 Å². The number of nitrogens with two attached hydrogens (primary N) is 1. The lowest BCUT2D eigenvalue weighted by Gasteiger charge is -2.22. The third-order valence-electron chi connectivity index (χ3n) is 2.36. The molecule has 1 aromatic carbocycles. The zero-order chi connectivity index (χ0) is 12.3. The van der Waals surface area contributed by atoms with Gasteiger partial charge >= 0.3 is 0 Å². The van der Waals surface area contributed by atoms with Gasteiger partial charge in [0, 0.05) is 5.69 Å². The van der Waals surface area contributed by atoms with Crippen molar-refractivity contribution in [2.45, 2.75) is 6.10 Å². The van der Waals surface area contributed by atoms with Crippen LogP contribution in [-0.4, -0.2) is 31.8 Å². The lowest BCUT2D eigenvalue weighted by molar-refractivity contribution is -0.142. The maximum atomic E-state index is 11.8. The van der Waals surface area contributed by atoms with E-state index in [1.807, 2.05) is 0 Å². The number of ether oxygens (including phenoxy) is 2. The van der Waals surface area contributed by atoms with Gasteiger partial charge < -0.3 is 20.5 Å². The number of rotatable bonds is 2. The topological polar surface area (TPSA) is 73.6 Å². The van der Waals surface area contributed by atoms with Crippen LogP contribution in [0.1, 0.15) is 0 Å². The summed E-state index contributed by atoms with van der Waals surface area (Å²) in [6, 6.07) is 4.90. The molecule has 0 saturated carbocycles. The lowest BCUT2D eigenvalue weighted by atomic mass is 10.2. The molecule has 2 rings (SSSR count). The lowest BCUT2D eigenvalue weighted by Crippen LogP contribution is -2.39. The summed E-state index contributed by atoms with van der Waals surface area (Å²) in [4.78, 5) is 11.8. The molecule has 1 fully saturated rings. The molecule has 1 saturated heterocycles. The first-order valence-corrected chi connectivity index (χ1v) is 5.60. The maximum Gasteiger partial charge on any atom is 0.255 e. The molecule has 3 N–H and O–H groups in total. The Balaban J connectivity index is 2.04. The Bertz CT molecular complexity index is 419. The fourth-order valence-corrected chi connectivity index (χ4v) is 1.66. The molecule has 1 atom stereocenters. The standard InChI is InChI=1S/C11H13ClN2O3/c12-8-2-1-7(13)5-9(8)14-11(15)10-6-16-3-4-17-10/h1-2,5,10H,3-4,6,13H2,(H,14,15). The van der Waals surface area contributed by atoms with Crippen LogP contribution in [0.25, 0.3) is 0 Å². The second kappa shape index (κ2) is 5.35. The van der Waals surface area contributed by atoms with E-state index < -0.39 is 6.10 Å². The maximum absolute atomic E-state index is 11.8. The van der Waals surface area contributed by atoms with E-state index in [1.165, 1.54) is 0 Å². The molecular weight excluding hydrogens is 244 g/mol. The molecule has 0 aliphatic carbocycles. The smallest absolute Gasteiger partial charge is 0.255 e. The summed E-state index contributed by atoms with van der Waals surface area (Å²) in [6.07, 6.45) is -0.596. The van der Waals surface area contributed by atoms with Gasteiger partial charge in [-0.25, -0.2) is 0 Å². The van der Waals surface area contributed by atoms with E-state index in [4.69, 9.17) is 26.8 Å². The number of carbonyl (C=O) groups is 1. The predicted octanol–water partition coefficient (Wildman–Crippen LogP) is 1.28. The van der Waals surface area contributed by atoms with E-state index in [1.54, 1.807) is 18.2 Å². The quantitative estimate of drug-likeness (QED) is 0.782. The van der Waals surface area contributed by atoms with Crippen molar-refractivity contribution in [2.24, 2.45) is 0 Å². The van der Waals surface area contributed by atoms with Crippen molar-refractivity contribution in [1.82, 2.24) is 0 Å². The molecular formula is C11H13ClN2O3. The summed E-state index contributed by atoms with van der Waals surface area (Å²) in [6.45, 7) is 1.19. The van der Waals surface area contributed by atoms with Crippen LogP contribution in [0.2, 0.25) is 5.02 Å². The molecule has 1 unspecified atom stereocenters. The van der Waals surface area contributed by atoms with Crippen molar-refractivity contribution in [1.29, 1.82) is 0 Å². The minimum atomic E-state index is -0.596. The van der Waals surface area contributed by atoms with E-state index in [0.29, 0.717) is 29.6 Å². The Kier molecular flexibility index (Phi) is 3.83. The third kappa shape index (κ3) is 3.09. The Morgan fingerprint density at radius 2 is 2.29 bits per heavy atom. The third-order valence-corrected chi connectivity index (χ3v) is 2.69. The largest absolute Gasteiger partial charge is 0.399 e. The van der Waals surface area contributed by atoms with E-state index in [2.05, 4.69) is 5.32 Å². The van der Waals surface area contributed by atoms with E-state index in [0.717, 1.165) is 0 Å². The van der Waals surface area contributed by atoms with Crippen LogP contribution in [0.3, 0.4) is 0 Å². The van der Waals surface area contributed by atoms with E-state index in [-0.39, 0.29) is 12.5 Å². The molecule has 6 heteroatoms. The van der Waals surface area contributed by atoms with Gasteiger partial charge in [0.15, 0.2) is 6.10 Å². The van der Waals surface area contributed by atoms with Crippen LogP contribution in [0.15, 0.2) is 18.2 Å². The van der Waals surface area contributed by atoms with Crippen molar-refractivity contribution in [2.75, 3.05) is 30.9 Å². The van der Waals surface area contributed by atoms with Gasteiger partial charge in [0.1, 0.15) is 0 Å². The van der Waals surface area contributed by atoms with Gasteiger partial charge in [-0.2, -0.15) is 0 Å². The van der Waals surface area contributed by atoms with Gasteiger partial charge in [0.2, 0.25) is 0 Å². The monoisotopic (exact) mass is 256 g/mol. The molecule has 1 heterocycles. The fourth-order valence-electron chi connectivity index (χ4n) is 1.49. The highest BCUT2D eigenvalue weighted by Crippen LogP contribution is 2.24. The SMILES string of the molecule is Nc1ccc(Cl)c(NC(=O)C2COCCO2)c1. The van der Waals surface area contributed by atoms with Crippen LogP contribution >= 0.6 is 11.6 Å². The molecule has 92 valence electrons. The first-order valence-electron chi connectivity index (χ1n) is 5.22. The fraction of sp³-hybridized carbons (Fsp3) is 0.364. The molecule has 0 aromatic heterocycles. The highest BCUT2D eigenvalue weighted by atomic mass is 35.5. The predicted molar refractivity (Wildman–Crippen MR) is 65.1 cm³/mol. The van der Waals surface area contributed by atoms with Crippen molar-refractivity contribution in [3.63, 3.8) is 0 Å². The van der Waals surface area contributed by atoms with Gasteiger partial charge in [-0.1, -0.05) is 11.6 Å². The summed E-state index contributed by atoms with van der Waals surface area (Å²) in [7, 11) is 0. The second-order valence-electron chi connectivity index (χ2n) is 3.66. The second-order valence-corrected chi connectivity index (χ2v) is 4.07. The molecule has 0 radical (unpaired) electrons. The normalized spacial score (nSPS) is 19.9. The first-order chi connectivity index (χ1) is 8.16. The number of halogens is 1. The zero-order valence-electron chi connectivity index (χ0n) is 9.11. The number of carbonyl (C=O) groups excluding carboxylic acids is 1. The first kappa shape index (κ1) is 12.2. The Labute approximate surface area is 104 Å². The zero-order valence-corrected chi connectivity index (χ0v) is 9.87. The molecule has 1 aliphatic rings. The van der Waals surface area contributed by atoms with Crippen LogP contribution in [0, 0.1) is 0 Å². The summed E-state index contributed by atoms with van der Waals surface area (Å²) < 4.78 is 10.4. The Morgan fingerprint density at radius 1 is 1.47 bits per heavy atom. The van der Waals surface area contributed by atoms with Crippen molar-refractivity contribution in [3.8, 4) is 0 Å². The minimum Gasteiger partial charge on any atom is -0.399 e. The van der Waals surface area contributed by atoms with Crippen LogP contribution < -0.4 is 11.1 Å². The molecule has 0 spiro atoms. The van der Waals surface area contributed by atoms with Gasteiger partial charge in [0.25, 0.3) is 5.91 Å². The number of amides is 1. The number of benzene rings is 1. The van der Waals surface area contributed by atoms with Crippen molar-refractivity contribution >= 4 is 28.9 Å². The van der Waals surface area contributed by atoms with Crippen molar-refractivity contribution in [3.05, 3.63) is 23.2 Å².